The van der Waals surface area contributed by atoms with E-state index < -0.39 is 0 Å². The summed E-state index contributed by atoms with van der Waals surface area (Å²) in [6, 6.07) is 8.23. The smallest absolute Gasteiger partial charge is 0.220 e. The van der Waals surface area contributed by atoms with Crippen molar-refractivity contribution in [2.75, 3.05) is 0 Å². The first kappa shape index (κ1) is 17.3. The number of aryl methyl sites for hydroxylation is 1. The highest BCUT2D eigenvalue weighted by Gasteiger charge is 2.21. The van der Waals surface area contributed by atoms with E-state index in [4.69, 9.17) is 0 Å². The van der Waals surface area contributed by atoms with E-state index in [-0.39, 0.29) is 17.4 Å². The molecule has 0 fully saturated rings. The minimum Gasteiger partial charge on any atom is -0.342 e. The van der Waals surface area contributed by atoms with Gasteiger partial charge in [-0.25, -0.2) is 4.98 Å². The third-order valence-corrected chi connectivity index (χ3v) is 4.01. The molecule has 1 aromatic heterocycles. The average molecular weight is 313 g/mol. The van der Waals surface area contributed by atoms with Gasteiger partial charge in [0, 0.05) is 25.9 Å². The van der Waals surface area contributed by atoms with Gasteiger partial charge < -0.3 is 9.88 Å². The lowest BCUT2D eigenvalue weighted by atomic mass is 9.86. The summed E-state index contributed by atoms with van der Waals surface area (Å²) in [5, 5.41) is 3.11. The number of rotatable bonds is 5. The van der Waals surface area contributed by atoms with Crippen LogP contribution in [0.2, 0.25) is 0 Å². The van der Waals surface area contributed by atoms with Crippen molar-refractivity contribution >= 4 is 5.91 Å². The number of nitrogens with zero attached hydrogens (tertiary/aromatic N) is 2. The fourth-order valence-electron chi connectivity index (χ4n) is 2.59. The molecule has 0 radical (unpaired) electrons. The molecule has 1 unspecified atom stereocenters. The number of nitrogens with one attached hydrogen (secondary N) is 1. The van der Waals surface area contributed by atoms with E-state index in [1.54, 1.807) is 6.20 Å². The van der Waals surface area contributed by atoms with Crippen LogP contribution in [0.15, 0.2) is 36.7 Å². The van der Waals surface area contributed by atoms with Crippen LogP contribution in [-0.4, -0.2) is 15.5 Å². The first-order valence-corrected chi connectivity index (χ1v) is 8.20. The van der Waals surface area contributed by atoms with Crippen molar-refractivity contribution < 1.29 is 4.79 Å². The summed E-state index contributed by atoms with van der Waals surface area (Å²) in [4.78, 5) is 16.5. The van der Waals surface area contributed by atoms with E-state index in [2.05, 4.69) is 55.3 Å². The minimum absolute atomic E-state index is 0.0559. The number of imidazole rings is 1. The molecule has 0 spiro atoms. The summed E-state index contributed by atoms with van der Waals surface area (Å²) in [5.41, 5.74) is 2.44. The summed E-state index contributed by atoms with van der Waals surface area (Å²) < 4.78 is 1.95. The monoisotopic (exact) mass is 313 g/mol. The predicted octanol–water partition coefficient (Wildman–Crippen LogP) is 3.72. The Labute approximate surface area is 138 Å². The minimum atomic E-state index is -0.219. The summed E-state index contributed by atoms with van der Waals surface area (Å²) >= 11 is 0. The Bertz CT molecular complexity index is 650. The lowest BCUT2D eigenvalue weighted by molar-refractivity contribution is -0.121. The van der Waals surface area contributed by atoms with Crippen LogP contribution in [0.5, 0.6) is 0 Å². The Morgan fingerprint density at radius 3 is 2.39 bits per heavy atom. The number of benzene rings is 1. The number of aromatic nitrogens is 2. The van der Waals surface area contributed by atoms with Crippen molar-refractivity contribution in [2.24, 2.45) is 7.05 Å². The molecule has 23 heavy (non-hydrogen) atoms. The lowest BCUT2D eigenvalue weighted by Crippen LogP contribution is -2.30. The standard InChI is InChI=1S/C19H27N3O/c1-6-7-16(23)21-17(18-20-12-13-22(18)5)14-8-10-15(11-9-14)19(2,3)4/h8-13,17H,6-7H2,1-5H3,(H,21,23). The first-order valence-electron chi connectivity index (χ1n) is 8.20. The van der Waals surface area contributed by atoms with E-state index in [1.807, 2.05) is 24.7 Å². The van der Waals surface area contributed by atoms with E-state index in [1.165, 1.54) is 5.56 Å². The molecule has 1 N–H and O–H groups in total. The molecule has 1 aromatic carbocycles. The maximum atomic E-state index is 12.1. The molecule has 4 heteroatoms. The molecule has 4 nitrogen and oxygen atoms in total. The molecule has 2 aromatic rings. The number of hydrogen-bond donors (Lipinski definition) is 1. The Kier molecular flexibility index (Phi) is 5.24. The van der Waals surface area contributed by atoms with Crippen LogP contribution in [0.3, 0.4) is 0 Å². The van der Waals surface area contributed by atoms with Crippen molar-refractivity contribution in [1.82, 2.24) is 14.9 Å². The third kappa shape index (κ3) is 4.21. The van der Waals surface area contributed by atoms with Crippen molar-refractivity contribution in [1.29, 1.82) is 0 Å². The van der Waals surface area contributed by atoms with Crippen LogP contribution in [0.4, 0.5) is 0 Å². The van der Waals surface area contributed by atoms with Gasteiger partial charge in [0.2, 0.25) is 5.91 Å². The zero-order valence-electron chi connectivity index (χ0n) is 14.8. The van der Waals surface area contributed by atoms with Gasteiger partial charge in [-0.2, -0.15) is 0 Å². The second-order valence-corrected chi connectivity index (χ2v) is 7.02. The van der Waals surface area contributed by atoms with Crippen LogP contribution in [0.25, 0.3) is 0 Å². The molecule has 2 rings (SSSR count). The van der Waals surface area contributed by atoms with Gasteiger partial charge in [-0.15, -0.1) is 0 Å². The summed E-state index contributed by atoms with van der Waals surface area (Å²) in [7, 11) is 1.95. The average Bonchev–Trinajstić information content (AvgIpc) is 2.90. The number of amides is 1. The van der Waals surface area contributed by atoms with E-state index in [9.17, 15) is 4.79 Å². The Morgan fingerprint density at radius 1 is 1.26 bits per heavy atom. The summed E-state index contributed by atoms with van der Waals surface area (Å²) in [6.45, 7) is 8.59. The molecular weight excluding hydrogens is 286 g/mol. The number of carbonyl (C=O) groups excluding carboxylic acids is 1. The molecule has 0 bridgehead atoms. The zero-order valence-corrected chi connectivity index (χ0v) is 14.8. The van der Waals surface area contributed by atoms with Crippen molar-refractivity contribution in [3.05, 3.63) is 53.6 Å². The molecule has 0 aliphatic rings. The molecule has 1 amide bonds. The fraction of sp³-hybridized carbons (Fsp3) is 0.474. The van der Waals surface area contributed by atoms with Crippen LogP contribution in [0, 0.1) is 0 Å². The SMILES string of the molecule is CCCC(=O)NC(c1ccc(C(C)(C)C)cc1)c1nccn1C. The maximum absolute atomic E-state index is 12.1. The fourth-order valence-corrected chi connectivity index (χ4v) is 2.59. The molecule has 0 aliphatic heterocycles. The Hall–Kier alpha value is -2.10. The van der Waals surface area contributed by atoms with Gasteiger partial charge in [0.15, 0.2) is 0 Å². The molecule has 1 heterocycles. The Morgan fingerprint density at radius 2 is 1.91 bits per heavy atom. The highest BCUT2D eigenvalue weighted by atomic mass is 16.1. The topological polar surface area (TPSA) is 46.9 Å². The van der Waals surface area contributed by atoms with Crippen molar-refractivity contribution in [3.63, 3.8) is 0 Å². The largest absolute Gasteiger partial charge is 0.342 e. The summed E-state index contributed by atoms with van der Waals surface area (Å²) in [5.74, 6) is 0.901. The van der Waals surface area contributed by atoms with E-state index in [0.29, 0.717) is 6.42 Å². The second kappa shape index (κ2) is 6.99. The summed E-state index contributed by atoms with van der Waals surface area (Å²) in [6.07, 6.45) is 5.03. The Balaban J connectivity index is 2.34. The normalized spacial score (nSPS) is 12.9. The van der Waals surface area contributed by atoms with E-state index in [0.717, 1.165) is 17.8 Å². The molecule has 0 aliphatic carbocycles. The second-order valence-electron chi connectivity index (χ2n) is 7.02. The molecule has 0 saturated heterocycles. The number of hydrogen-bond acceptors (Lipinski definition) is 2. The van der Waals surface area contributed by atoms with Gasteiger partial charge in [0.25, 0.3) is 0 Å². The van der Waals surface area contributed by atoms with Crippen LogP contribution < -0.4 is 5.32 Å². The van der Waals surface area contributed by atoms with Crippen molar-refractivity contribution in [3.8, 4) is 0 Å². The lowest BCUT2D eigenvalue weighted by Gasteiger charge is -2.22. The molecule has 0 saturated carbocycles. The highest BCUT2D eigenvalue weighted by Crippen LogP contribution is 2.26. The van der Waals surface area contributed by atoms with Crippen LogP contribution in [-0.2, 0) is 17.3 Å². The van der Waals surface area contributed by atoms with Gasteiger partial charge in [-0.1, -0.05) is 52.0 Å². The van der Waals surface area contributed by atoms with E-state index >= 15 is 0 Å². The zero-order chi connectivity index (χ0) is 17.0. The molecular formula is C19H27N3O. The van der Waals surface area contributed by atoms with Crippen LogP contribution >= 0.6 is 0 Å². The molecule has 124 valence electrons. The van der Waals surface area contributed by atoms with Gasteiger partial charge in [-0.05, 0) is 23.0 Å². The van der Waals surface area contributed by atoms with Gasteiger partial charge >= 0.3 is 0 Å². The highest BCUT2D eigenvalue weighted by molar-refractivity contribution is 5.76. The van der Waals surface area contributed by atoms with Gasteiger partial charge in [0.1, 0.15) is 11.9 Å². The number of carbonyl (C=O) groups is 1. The predicted molar refractivity (Wildman–Crippen MR) is 93.2 cm³/mol. The molecule has 1 atom stereocenters. The maximum Gasteiger partial charge on any atom is 0.220 e. The van der Waals surface area contributed by atoms with Gasteiger partial charge in [0.05, 0.1) is 0 Å². The quantitative estimate of drug-likeness (QED) is 0.914. The van der Waals surface area contributed by atoms with Gasteiger partial charge in [-0.3, -0.25) is 4.79 Å². The first-order chi connectivity index (χ1) is 10.8. The van der Waals surface area contributed by atoms with Crippen LogP contribution in [0.1, 0.15) is 63.5 Å². The van der Waals surface area contributed by atoms with Crippen molar-refractivity contribution in [2.45, 2.75) is 52.0 Å². The third-order valence-electron chi connectivity index (χ3n) is 4.01.